The summed E-state index contributed by atoms with van der Waals surface area (Å²) in [6, 6.07) is 0. The first-order valence-corrected chi connectivity index (χ1v) is 2.95. The van der Waals surface area contributed by atoms with Crippen LogP contribution in [0.4, 0.5) is 0 Å². The summed E-state index contributed by atoms with van der Waals surface area (Å²) in [4.78, 5) is 3.98. The molecule has 9 heavy (non-hydrogen) atoms. The molecule has 0 fully saturated rings. The van der Waals surface area contributed by atoms with Gasteiger partial charge in [0.1, 0.15) is 6.23 Å². The monoisotopic (exact) mass is 126 g/mol. The van der Waals surface area contributed by atoms with Gasteiger partial charge in [-0.1, -0.05) is 6.08 Å². The molecule has 1 aliphatic heterocycles. The van der Waals surface area contributed by atoms with E-state index in [1.54, 1.807) is 6.08 Å². The first-order valence-electron chi connectivity index (χ1n) is 2.95. The third-order valence-corrected chi connectivity index (χ3v) is 1.18. The number of aliphatic hydroxyl groups excluding tert-OH is 1. The highest BCUT2D eigenvalue weighted by Crippen LogP contribution is 1.96. The summed E-state index contributed by atoms with van der Waals surface area (Å²) in [6.45, 7) is 0.750. The van der Waals surface area contributed by atoms with Crippen LogP contribution in [-0.4, -0.2) is 23.6 Å². The molecule has 0 amide bonds. The Balaban J connectivity index is 2.58. The van der Waals surface area contributed by atoms with Gasteiger partial charge in [0.2, 0.25) is 0 Å². The molecule has 0 bridgehead atoms. The molecule has 1 rings (SSSR count). The van der Waals surface area contributed by atoms with Crippen molar-refractivity contribution in [1.82, 2.24) is 0 Å². The van der Waals surface area contributed by atoms with Gasteiger partial charge >= 0.3 is 0 Å². The number of hydrogen-bond donors (Lipinski definition) is 2. The second kappa shape index (κ2) is 2.75. The summed E-state index contributed by atoms with van der Waals surface area (Å²) in [7, 11) is 0. The van der Waals surface area contributed by atoms with Crippen LogP contribution in [0.1, 0.15) is 6.42 Å². The minimum atomic E-state index is -0.901. The van der Waals surface area contributed by atoms with Crippen molar-refractivity contribution in [2.24, 2.45) is 10.7 Å². The topological polar surface area (TPSA) is 58.6 Å². The van der Waals surface area contributed by atoms with E-state index in [4.69, 9.17) is 10.8 Å². The molecule has 0 spiro atoms. The number of aliphatic imine (C=N–C) groups is 1. The summed E-state index contributed by atoms with van der Waals surface area (Å²) in [5.41, 5.74) is 5.73. The summed E-state index contributed by atoms with van der Waals surface area (Å²) >= 11 is 0. The molecule has 1 atom stereocenters. The van der Waals surface area contributed by atoms with Crippen molar-refractivity contribution < 1.29 is 5.11 Å². The maximum atomic E-state index is 8.77. The fourth-order valence-electron chi connectivity index (χ4n) is 0.717. The van der Waals surface area contributed by atoms with Crippen LogP contribution in [0.5, 0.6) is 0 Å². The molecular formula is C6H10N2O. The number of dihydropyridines is 1. The summed E-state index contributed by atoms with van der Waals surface area (Å²) in [5, 5.41) is 8.77. The first kappa shape index (κ1) is 6.45. The van der Waals surface area contributed by atoms with Gasteiger partial charge < -0.3 is 10.8 Å². The molecule has 0 saturated carbocycles. The Labute approximate surface area is 53.9 Å². The van der Waals surface area contributed by atoms with Crippen molar-refractivity contribution in [2.75, 3.05) is 6.54 Å². The Bertz CT molecular complexity index is 149. The van der Waals surface area contributed by atoms with Gasteiger partial charge in [0.05, 0.1) is 5.71 Å². The van der Waals surface area contributed by atoms with Crippen molar-refractivity contribution in [3.8, 4) is 0 Å². The van der Waals surface area contributed by atoms with Crippen LogP contribution >= 0.6 is 0 Å². The number of nitrogens with two attached hydrogens (primary N) is 1. The molecule has 0 aromatic carbocycles. The highest BCUT2D eigenvalue weighted by Gasteiger charge is 2.03. The molecule has 1 aliphatic rings. The number of nitrogens with zero attached hydrogens (tertiary/aromatic N) is 1. The lowest BCUT2D eigenvalue weighted by atomic mass is 10.2. The van der Waals surface area contributed by atoms with E-state index < -0.39 is 6.23 Å². The largest absolute Gasteiger partial charge is 0.373 e. The molecule has 0 saturated heterocycles. The lowest BCUT2D eigenvalue weighted by Crippen LogP contribution is -2.29. The van der Waals surface area contributed by atoms with E-state index in [9.17, 15) is 0 Å². The lowest BCUT2D eigenvalue weighted by molar-refractivity contribution is 0.250. The van der Waals surface area contributed by atoms with Crippen molar-refractivity contribution in [1.29, 1.82) is 0 Å². The second-order valence-corrected chi connectivity index (χ2v) is 1.94. The van der Waals surface area contributed by atoms with Crippen LogP contribution < -0.4 is 5.73 Å². The van der Waals surface area contributed by atoms with Crippen LogP contribution in [0.3, 0.4) is 0 Å². The molecule has 1 unspecified atom stereocenters. The zero-order chi connectivity index (χ0) is 6.69. The Morgan fingerprint density at radius 2 is 2.56 bits per heavy atom. The minimum absolute atomic E-state index is 0.584. The Morgan fingerprint density at radius 1 is 1.78 bits per heavy atom. The fourth-order valence-corrected chi connectivity index (χ4v) is 0.717. The highest BCUT2D eigenvalue weighted by molar-refractivity contribution is 5.98. The molecule has 3 nitrogen and oxygen atoms in total. The number of rotatable bonds is 1. The van der Waals surface area contributed by atoms with Gasteiger partial charge in [-0.25, -0.2) is 0 Å². The van der Waals surface area contributed by atoms with Crippen molar-refractivity contribution in [3.05, 3.63) is 12.2 Å². The Kier molecular flexibility index (Phi) is 1.97. The smallest absolute Gasteiger partial charge is 0.145 e. The van der Waals surface area contributed by atoms with Gasteiger partial charge in [-0.05, 0) is 12.5 Å². The van der Waals surface area contributed by atoms with E-state index in [1.165, 1.54) is 0 Å². The van der Waals surface area contributed by atoms with Gasteiger partial charge in [-0.2, -0.15) is 0 Å². The van der Waals surface area contributed by atoms with Crippen molar-refractivity contribution >= 4 is 5.71 Å². The summed E-state index contributed by atoms with van der Waals surface area (Å²) < 4.78 is 0. The SMILES string of the molecule is NC(O)C1=NCCC=C1. The van der Waals surface area contributed by atoms with Crippen LogP contribution in [0, 0.1) is 0 Å². The van der Waals surface area contributed by atoms with Crippen molar-refractivity contribution in [2.45, 2.75) is 12.6 Å². The zero-order valence-electron chi connectivity index (χ0n) is 5.12. The normalized spacial score (nSPS) is 21.3. The standard InChI is InChI=1S/C6H10N2O/c7-6(9)5-3-1-2-4-8-5/h1,3,6,9H,2,4,7H2. The molecule has 0 aromatic rings. The Hall–Kier alpha value is -0.670. The molecule has 0 aromatic heterocycles. The average molecular weight is 126 g/mol. The molecule has 0 aliphatic carbocycles. The van der Waals surface area contributed by atoms with E-state index in [1.807, 2.05) is 6.08 Å². The van der Waals surface area contributed by atoms with E-state index in [0.717, 1.165) is 13.0 Å². The van der Waals surface area contributed by atoms with E-state index in [0.29, 0.717) is 5.71 Å². The second-order valence-electron chi connectivity index (χ2n) is 1.94. The van der Waals surface area contributed by atoms with Crippen molar-refractivity contribution in [3.63, 3.8) is 0 Å². The van der Waals surface area contributed by atoms with Gasteiger partial charge in [0.25, 0.3) is 0 Å². The maximum Gasteiger partial charge on any atom is 0.145 e. The van der Waals surface area contributed by atoms with Gasteiger partial charge in [-0.15, -0.1) is 0 Å². The van der Waals surface area contributed by atoms with E-state index in [-0.39, 0.29) is 0 Å². The number of aliphatic hydroxyl groups is 1. The molecule has 3 N–H and O–H groups in total. The van der Waals surface area contributed by atoms with Crippen LogP contribution in [0.15, 0.2) is 17.1 Å². The fraction of sp³-hybridized carbons (Fsp3) is 0.500. The van der Waals surface area contributed by atoms with Gasteiger partial charge in [0.15, 0.2) is 0 Å². The number of hydrogen-bond acceptors (Lipinski definition) is 3. The summed E-state index contributed by atoms with van der Waals surface area (Å²) in [5.74, 6) is 0. The van der Waals surface area contributed by atoms with Crippen LogP contribution in [-0.2, 0) is 0 Å². The lowest BCUT2D eigenvalue weighted by Gasteiger charge is -2.07. The first-order chi connectivity index (χ1) is 4.30. The quantitative estimate of drug-likeness (QED) is 0.472. The van der Waals surface area contributed by atoms with E-state index in [2.05, 4.69) is 4.99 Å². The molecule has 0 radical (unpaired) electrons. The maximum absolute atomic E-state index is 8.77. The average Bonchev–Trinajstić information content (AvgIpc) is 1.90. The predicted molar refractivity (Wildman–Crippen MR) is 36.3 cm³/mol. The van der Waals surface area contributed by atoms with Gasteiger partial charge in [-0.3, -0.25) is 4.99 Å². The molecule has 3 heteroatoms. The zero-order valence-corrected chi connectivity index (χ0v) is 5.12. The molecular weight excluding hydrogens is 116 g/mol. The van der Waals surface area contributed by atoms with Crippen LogP contribution in [0.25, 0.3) is 0 Å². The van der Waals surface area contributed by atoms with E-state index >= 15 is 0 Å². The minimum Gasteiger partial charge on any atom is -0.373 e. The third-order valence-electron chi connectivity index (χ3n) is 1.18. The summed E-state index contributed by atoms with van der Waals surface area (Å²) in [6.07, 6.45) is 3.77. The molecule has 1 heterocycles. The van der Waals surface area contributed by atoms with Gasteiger partial charge in [0, 0.05) is 6.54 Å². The third kappa shape index (κ3) is 1.62. The molecule has 50 valence electrons. The highest BCUT2D eigenvalue weighted by atomic mass is 16.3. The predicted octanol–water partition coefficient (Wildman–Crippen LogP) is -0.336. The Morgan fingerprint density at radius 3 is 2.89 bits per heavy atom. The van der Waals surface area contributed by atoms with Crippen LogP contribution in [0.2, 0.25) is 0 Å².